The molecule has 1 unspecified atom stereocenters. The van der Waals surface area contributed by atoms with E-state index in [2.05, 4.69) is 29.5 Å². The van der Waals surface area contributed by atoms with Gasteiger partial charge in [-0.05, 0) is 37.3 Å². The monoisotopic (exact) mass is 538 g/mol. The third-order valence-corrected chi connectivity index (χ3v) is 6.67. The number of guanidine groups is 1. The molecule has 0 aliphatic carbocycles. The summed E-state index contributed by atoms with van der Waals surface area (Å²) in [6.07, 6.45) is 1.84. The lowest BCUT2D eigenvalue weighted by atomic mass is 10.0. The van der Waals surface area contributed by atoms with Crippen molar-refractivity contribution in [3.8, 4) is 0 Å². The van der Waals surface area contributed by atoms with Crippen molar-refractivity contribution in [3.63, 3.8) is 0 Å². The molecule has 0 saturated heterocycles. The molecule has 1 aromatic carbocycles. The normalized spacial score (nSPS) is 15.1. The van der Waals surface area contributed by atoms with Gasteiger partial charge in [-0.15, -0.1) is 24.0 Å². The molecule has 1 heterocycles. The minimum Gasteiger partial charge on any atom is -0.378 e. The minimum absolute atomic E-state index is 0. The van der Waals surface area contributed by atoms with Crippen molar-refractivity contribution in [3.05, 3.63) is 29.8 Å². The van der Waals surface area contributed by atoms with Crippen LogP contribution in [0.3, 0.4) is 0 Å². The largest absolute Gasteiger partial charge is 0.378 e. The van der Waals surface area contributed by atoms with Gasteiger partial charge in [-0.3, -0.25) is 9.30 Å². The fraction of sp³-hybridized carbons (Fsp3) is 0.650. The van der Waals surface area contributed by atoms with Crippen molar-refractivity contribution in [2.45, 2.75) is 39.7 Å². The molecule has 0 fully saturated rings. The number of nitrogens with one attached hydrogen (secondary N) is 2. The number of benzene rings is 1. The molecule has 1 atom stereocenters. The van der Waals surface area contributed by atoms with Crippen molar-refractivity contribution in [2.75, 3.05) is 43.3 Å². The summed E-state index contributed by atoms with van der Waals surface area (Å²) in [5.74, 6) is 1.08. The third-order valence-electron chi connectivity index (χ3n) is 4.90. The quantitative estimate of drug-likeness (QED) is 0.272. The summed E-state index contributed by atoms with van der Waals surface area (Å²) >= 11 is 0. The highest BCUT2D eigenvalue weighted by atomic mass is 127. The molecular formula is C20H35IN4O3S. The molecule has 1 aliphatic heterocycles. The van der Waals surface area contributed by atoms with Crippen LogP contribution in [-0.4, -0.2) is 59.5 Å². The first kappa shape index (κ1) is 26.0. The number of aliphatic imine (C=N–C) groups is 1. The zero-order valence-corrected chi connectivity index (χ0v) is 21.0. The van der Waals surface area contributed by atoms with Gasteiger partial charge in [0.1, 0.15) is 0 Å². The topological polar surface area (TPSA) is 83.0 Å². The fourth-order valence-electron chi connectivity index (χ4n) is 3.38. The van der Waals surface area contributed by atoms with Crippen LogP contribution in [0.4, 0.5) is 5.69 Å². The van der Waals surface area contributed by atoms with E-state index in [9.17, 15) is 8.42 Å². The van der Waals surface area contributed by atoms with Gasteiger partial charge < -0.3 is 15.4 Å². The number of sulfonamides is 1. The number of fused-ring (bicyclic) bond motifs is 1. The van der Waals surface area contributed by atoms with Gasteiger partial charge in [-0.2, -0.15) is 0 Å². The van der Waals surface area contributed by atoms with Gasteiger partial charge in [0, 0.05) is 33.3 Å². The molecule has 1 aliphatic rings. The van der Waals surface area contributed by atoms with Crippen molar-refractivity contribution in [2.24, 2.45) is 10.9 Å². The zero-order chi connectivity index (χ0) is 20.6. The fourth-order valence-corrected chi connectivity index (χ4v) is 4.81. The Labute approximate surface area is 192 Å². The van der Waals surface area contributed by atoms with Gasteiger partial charge in [0.05, 0.1) is 17.5 Å². The molecule has 166 valence electrons. The second kappa shape index (κ2) is 12.6. The molecule has 0 saturated carbocycles. The average molecular weight is 538 g/mol. The van der Waals surface area contributed by atoms with Crippen molar-refractivity contribution in [1.82, 2.24) is 10.6 Å². The molecule has 9 heteroatoms. The van der Waals surface area contributed by atoms with E-state index in [1.165, 1.54) is 4.31 Å². The van der Waals surface area contributed by atoms with E-state index in [0.29, 0.717) is 31.6 Å². The Morgan fingerprint density at radius 3 is 2.59 bits per heavy atom. The molecular weight excluding hydrogens is 503 g/mol. The lowest BCUT2D eigenvalue weighted by Crippen LogP contribution is -2.42. The van der Waals surface area contributed by atoms with E-state index >= 15 is 0 Å². The SMILES string of the molecule is CCOC(CCNC(=NC)NCCS(=O)(=O)N1CCc2ccccc21)C(C)C.I. The number of para-hydroxylation sites is 1. The van der Waals surface area contributed by atoms with E-state index in [0.717, 1.165) is 30.6 Å². The maximum Gasteiger partial charge on any atom is 0.236 e. The Morgan fingerprint density at radius 2 is 1.93 bits per heavy atom. The first-order chi connectivity index (χ1) is 13.4. The van der Waals surface area contributed by atoms with Crippen LogP contribution in [0.25, 0.3) is 0 Å². The third kappa shape index (κ3) is 7.60. The number of anilines is 1. The van der Waals surface area contributed by atoms with E-state index in [1.807, 2.05) is 31.2 Å². The average Bonchev–Trinajstić information content (AvgIpc) is 3.10. The van der Waals surface area contributed by atoms with E-state index < -0.39 is 10.0 Å². The van der Waals surface area contributed by atoms with Gasteiger partial charge in [0.25, 0.3) is 0 Å². The Kier molecular flexibility index (Phi) is 11.3. The Bertz CT molecular complexity index is 756. The van der Waals surface area contributed by atoms with Crippen LogP contribution in [0.5, 0.6) is 0 Å². The maximum atomic E-state index is 12.7. The molecule has 0 spiro atoms. The van der Waals surface area contributed by atoms with Gasteiger partial charge in [0.2, 0.25) is 10.0 Å². The molecule has 29 heavy (non-hydrogen) atoms. The number of hydrogen-bond acceptors (Lipinski definition) is 4. The maximum absolute atomic E-state index is 12.7. The van der Waals surface area contributed by atoms with E-state index in [1.54, 1.807) is 7.05 Å². The van der Waals surface area contributed by atoms with Crippen LogP contribution in [-0.2, 0) is 21.2 Å². The molecule has 0 radical (unpaired) electrons. The minimum atomic E-state index is -3.36. The highest BCUT2D eigenvalue weighted by Gasteiger charge is 2.28. The predicted octanol–water partition coefficient (Wildman–Crippen LogP) is 2.61. The van der Waals surface area contributed by atoms with Gasteiger partial charge >= 0.3 is 0 Å². The molecule has 2 rings (SSSR count). The molecule has 2 N–H and O–H groups in total. The van der Waals surface area contributed by atoms with Gasteiger partial charge in [0.15, 0.2) is 5.96 Å². The van der Waals surface area contributed by atoms with Crippen LogP contribution in [0.2, 0.25) is 0 Å². The standard InChI is InChI=1S/C20H34N4O3S.HI/c1-5-27-19(16(2)3)10-12-22-20(21-4)23-13-15-28(25,26)24-14-11-17-8-6-7-9-18(17)24;/h6-9,16,19H,5,10-15H2,1-4H3,(H2,21,22,23);1H. The number of ether oxygens (including phenoxy) is 1. The van der Waals surface area contributed by atoms with Gasteiger partial charge in [-0.1, -0.05) is 32.0 Å². The highest BCUT2D eigenvalue weighted by molar-refractivity contribution is 14.0. The molecule has 7 nitrogen and oxygen atoms in total. The second-order valence-corrected chi connectivity index (χ2v) is 9.23. The van der Waals surface area contributed by atoms with Crippen LogP contribution >= 0.6 is 24.0 Å². The number of rotatable bonds is 10. The Morgan fingerprint density at radius 1 is 1.24 bits per heavy atom. The van der Waals surface area contributed by atoms with Crippen LogP contribution in [0.15, 0.2) is 29.3 Å². The first-order valence-electron chi connectivity index (χ1n) is 10.0. The molecule has 0 bridgehead atoms. The Hall–Kier alpha value is -1.07. The number of halogens is 1. The summed E-state index contributed by atoms with van der Waals surface area (Å²) in [5, 5.41) is 6.34. The summed E-state index contributed by atoms with van der Waals surface area (Å²) in [4.78, 5) is 4.17. The predicted molar refractivity (Wildman–Crippen MR) is 131 cm³/mol. The van der Waals surface area contributed by atoms with E-state index in [-0.39, 0.29) is 35.8 Å². The summed E-state index contributed by atoms with van der Waals surface area (Å²) < 4.78 is 32.7. The van der Waals surface area contributed by atoms with Crippen LogP contribution in [0, 0.1) is 5.92 Å². The lowest BCUT2D eigenvalue weighted by Gasteiger charge is -2.22. The highest BCUT2D eigenvalue weighted by Crippen LogP contribution is 2.29. The van der Waals surface area contributed by atoms with Crippen molar-refractivity contribution in [1.29, 1.82) is 0 Å². The van der Waals surface area contributed by atoms with Crippen molar-refractivity contribution >= 4 is 45.6 Å². The zero-order valence-electron chi connectivity index (χ0n) is 17.8. The second-order valence-electron chi connectivity index (χ2n) is 7.22. The summed E-state index contributed by atoms with van der Waals surface area (Å²) in [5.41, 5.74) is 1.89. The number of hydrogen-bond donors (Lipinski definition) is 2. The van der Waals surface area contributed by atoms with Crippen molar-refractivity contribution < 1.29 is 13.2 Å². The first-order valence-corrected chi connectivity index (χ1v) is 11.6. The molecule has 0 aromatic heterocycles. The summed E-state index contributed by atoms with van der Waals surface area (Å²) in [6, 6.07) is 7.68. The molecule has 1 aromatic rings. The van der Waals surface area contributed by atoms with Gasteiger partial charge in [-0.25, -0.2) is 8.42 Å². The smallest absolute Gasteiger partial charge is 0.236 e. The summed E-state index contributed by atoms with van der Waals surface area (Å²) in [6.45, 7) is 8.54. The van der Waals surface area contributed by atoms with Crippen LogP contribution in [0.1, 0.15) is 32.8 Å². The lowest BCUT2D eigenvalue weighted by molar-refractivity contribution is 0.0258. The summed E-state index contributed by atoms with van der Waals surface area (Å²) in [7, 11) is -1.68. The van der Waals surface area contributed by atoms with E-state index in [4.69, 9.17) is 4.74 Å². The van der Waals surface area contributed by atoms with Crippen LogP contribution < -0.4 is 14.9 Å². The number of nitrogens with zero attached hydrogens (tertiary/aromatic N) is 2. The Balaban J connectivity index is 0.00000420. The molecule has 0 amide bonds.